The molecule has 0 atom stereocenters. The number of hydrogen-bond acceptors (Lipinski definition) is 2. The molecule has 0 amide bonds. The van der Waals surface area contributed by atoms with Crippen LogP contribution in [0.3, 0.4) is 0 Å². The fourth-order valence-electron chi connectivity index (χ4n) is 1.64. The maximum atomic E-state index is 11.9. The van der Waals surface area contributed by atoms with Crippen molar-refractivity contribution >= 4 is 11.6 Å². The molecule has 0 unspecified atom stereocenters. The maximum absolute atomic E-state index is 11.9. The number of benzene rings is 1. The third-order valence-corrected chi connectivity index (χ3v) is 2.85. The first kappa shape index (κ1) is 11.7. The number of rotatable bonds is 1. The normalized spacial score (nSPS) is 10.5. The molecule has 0 aliphatic heterocycles. The van der Waals surface area contributed by atoms with E-state index in [9.17, 15) is 9.59 Å². The topological polar surface area (TPSA) is 44.0 Å². The van der Waals surface area contributed by atoms with Gasteiger partial charge in [-0.15, -0.1) is 0 Å². The fourth-order valence-corrected chi connectivity index (χ4v) is 1.76. The highest BCUT2D eigenvalue weighted by Crippen LogP contribution is 2.17. The molecule has 0 N–H and O–H groups in total. The maximum Gasteiger partial charge on any atom is 0.330 e. The summed E-state index contributed by atoms with van der Waals surface area (Å²) in [5.74, 6) is 0. The van der Waals surface area contributed by atoms with Gasteiger partial charge in [0.15, 0.2) is 0 Å². The predicted molar refractivity (Wildman–Crippen MR) is 67.4 cm³/mol. The van der Waals surface area contributed by atoms with Gasteiger partial charge in [-0.2, -0.15) is 0 Å². The van der Waals surface area contributed by atoms with Crippen LogP contribution in [0.5, 0.6) is 0 Å². The molecular weight excluding hydrogens is 240 g/mol. The highest BCUT2D eigenvalue weighted by atomic mass is 35.5. The average molecular weight is 251 g/mol. The van der Waals surface area contributed by atoms with Crippen LogP contribution in [0.25, 0.3) is 11.1 Å². The van der Waals surface area contributed by atoms with Crippen LogP contribution in [0.4, 0.5) is 0 Å². The molecule has 0 fully saturated rings. The molecule has 88 valence electrons. The molecule has 0 saturated carbocycles. The summed E-state index contributed by atoms with van der Waals surface area (Å²) in [4.78, 5) is 23.5. The lowest BCUT2D eigenvalue weighted by Gasteiger charge is -2.06. The fraction of sp³-hybridized carbons (Fsp3) is 0.167. The van der Waals surface area contributed by atoms with E-state index >= 15 is 0 Å². The predicted octanol–water partition coefficient (Wildman–Crippen LogP) is 1.40. The van der Waals surface area contributed by atoms with E-state index in [0.29, 0.717) is 10.6 Å². The van der Waals surface area contributed by atoms with Crippen LogP contribution in [-0.4, -0.2) is 9.13 Å². The van der Waals surface area contributed by atoms with Crippen molar-refractivity contribution in [1.29, 1.82) is 0 Å². The van der Waals surface area contributed by atoms with Crippen molar-refractivity contribution in [3.8, 4) is 11.1 Å². The minimum atomic E-state index is -0.340. The Hall–Kier alpha value is -1.81. The smallest absolute Gasteiger partial charge is 0.303 e. The zero-order chi connectivity index (χ0) is 12.6. The molecule has 0 bridgehead atoms. The zero-order valence-corrected chi connectivity index (χ0v) is 10.2. The highest BCUT2D eigenvalue weighted by Gasteiger charge is 2.08. The first-order valence-corrected chi connectivity index (χ1v) is 5.41. The minimum absolute atomic E-state index is 0.310. The Kier molecular flexibility index (Phi) is 2.90. The van der Waals surface area contributed by atoms with Crippen molar-refractivity contribution in [2.24, 2.45) is 14.1 Å². The lowest BCUT2D eigenvalue weighted by atomic mass is 10.1. The van der Waals surface area contributed by atoms with E-state index in [0.717, 1.165) is 10.1 Å². The number of nitrogens with zero attached hydrogens (tertiary/aromatic N) is 2. The largest absolute Gasteiger partial charge is 0.330 e. The van der Waals surface area contributed by atoms with E-state index in [-0.39, 0.29) is 11.2 Å². The summed E-state index contributed by atoms with van der Waals surface area (Å²) in [5, 5.41) is 0.607. The zero-order valence-electron chi connectivity index (χ0n) is 9.48. The van der Waals surface area contributed by atoms with Crippen LogP contribution >= 0.6 is 11.6 Å². The summed E-state index contributed by atoms with van der Waals surface area (Å²) in [7, 11) is 3.07. The van der Waals surface area contributed by atoms with Gasteiger partial charge in [0, 0.05) is 25.3 Å². The van der Waals surface area contributed by atoms with E-state index in [2.05, 4.69) is 0 Å². The average Bonchev–Trinajstić information content (AvgIpc) is 2.32. The molecule has 17 heavy (non-hydrogen) atoms. The molecule has 0 radical (unpaired) electrons. The number of hydrogen-bond donors (Lipinski definition) is 0. The van der Waals surface area contributed by atoms with Gasteiger partial charge in [0.2, 0.25) is 0 Å². The Morgan fingerprint density at radius 2 is 1.65 bits per heavy atom. The second-order valence-electron chi connectivity index (χ2n) is 3.81. The SMILES string of the molecule is Cn1cc(-c2ccc(Cl)cc2)c(=O)n(C)c1=O. The minimum Gasteiger partial charge on any atom is -0.303 e. The van der Waals surface area contributed by atoms with Crippen molar-refractivity contribution in [2.75, 3.05) is 0 Å². The molecule has 0 spiro atoms. The molecule has 0 aliphatic carbocycles. The second kappa shape index (κ2) is 4.22. The van der Waals surface area contributed by atoms with E-state index in [1.54, 1.807) is 31.3 Å². The Morgan fingerprint density at radius 3 is 2.24 bits per heavy atom. The summed E-state index contributed by atoms with van der Waals surface area (Å²) in [6.45, 7) is 0. The summed E-state index contributed by atoms with van der Waals surface area (Å²) >= 11 is 5.79. The van der Waals surface area contributed by atoms with E-state index in [1.807, 2.05) is 0 Å². The van der Waals surface area contributed by atoms with Crippen LogP contribution in [0.2, 0.25) is 5.02 Å². The highest BCUT2D eigenvalue weighted by molar-refractivity contribution is 6.30. The second-order valence-corrected chi connectivity index (χ2v) is 4.24. The Balaban J connectivity index is 2.73. The van der Waals surface area contributed by atoms with Crippen molar-refractivity contribution in [3.05, 3.63) is 56.3 Å². The van der Waals surface area contributed by atoms with Gasteiger partial charge < -0.3 is 4.57 Å². The molecular formula is C12H11ClN2O2. The van der Waals surface area contributed by atoms with Crippen molar-refractivity contribution in [2.45, 2.75) is 0 Å². The van der Waals surface area contributed by atoms with Crippen LogP contribution in [0.15, 0.2) is 40.1 Å². The van der Waals surface area contributed by atoms with Gasteiger partial charge in [0.05, 0.1) is 5.56 Å². The number of aryl methyl sites for hydroxylation is 1. The first-order valence-electron chi connectivity index (χ1n) is 5.03. The third kappa shape index (κ3) is 2.03. The van der Waals surface area contributed by atoms with Crippen LogP contribution in [0.1, 0.15) is 0 Å². The van der Waals surface area contributed by atoms with Gasteiger partial charge in [0.1, 0.15) is 0 Å². The van der Waals surface area contributed by atoms with Crippen molar-refractivity contribution < 1.29 is 0 Å². The van der Waals surface area contributed by atoms with Crippen LogP contribution in [-0.2, 0) is 14.1 Å². The van der Waals surface area contributed by atoms with E-state index < -0.39 is 0 Å². The lowest BCUT2D eigenvalue weighted by Crippen LogP contribution is -2.37. The van der Waals surface area contributed by atoms with Gasteiger partial charge in [0.25, 0.3) is 5.56 Å². The van der Waals surface area contributed by atoms with Crippen molar-refractivity contribution in [1.82, 2.24) is 9.13 Å². The van der Waals surface area contributed by atoms with Gasteiger partial charge in [-0.3, -0.25) is 9.36 Å². The summed E-state index contributed by atoms with van der Waals surface area (Å²) in [6.07, 6.45) is 1.54. The van der Waals surface area contributed by atoms with Crippen LogP contribution < -0.4 is 11.2 Å². The molecule has 2 rings (SSSR count). The molecule has 1 aromatic heterocycles. The molecule has 5 heteroatoms. The molecule has 0 aliphatic rings. The van der Waals surface area contributed by atoms with Crippen LogP contribution in [0, 0.1) is 0 Å². The lowest BCUT2D eigenvalue weighted by molar-refractivity contribution is 0.688. The third-order valence-electron chi connectivity index (χ3n) is 2.60. The van der Waals surface area contributed by atoms with E-state index in [4.69, 9.17) is 11.6 Å². The van der Waals surface area contributed by atoms with Crippen molar-refractivity contribution in [3.63, 3.8) is 0 Å². The molecule has 2 aromatic rings. The summed E-state index contributed by atoms with van der Waals surface area (Å²) < 4.78 is 2.47. The first-order chi connectivity index (χ1) is 8.00. The molecule has 0 saturated heterocycles. The molecule has 1 aromatic carbocycles. The van der Waals surface area contributed by atoms with Gasteiger partial charge in [-0.25, -0.2) is 4.79 Å². The van der Waals surface area contributed by atoms with E-state index in [1.165, 1.54) is 17.8 Å². The van der Waals surface area contributed by atoms with Gasteiger partial charge in [-0.1, -0.05) is 23.7 Å². The molecule has 1 heterocycles. The Labute approximate surface area is 103 Å². The number of halogens is 1. The quantitative estimate of drug-likeness (QED) is 0.768. The Morgan fingerprint density at radius 1 is 1.06 bits per heavy atom. The molecule has 4 nitrogen and oxygen atoms in total. The number of aromatic nitrogens is 2. The monoisotopic (exact) mass is 250 g/mol. The summed E-state index contributed by atoms with van der Waals surface area (Å²) in [6, 6.07) is 6.93. The Bertz CT molecular complexity index is 668. The van der Waals surface area contributed by atoms with Gasteiger partial charge >= 0.3 is 5.69 Å². The van der Waals surface area contributed by atoms with Gasteiger partial charge in [-0.05, 0) is 17.7 Å². The summed E-state index contributed by atoms with van der Waals surface area (Å²) in [5.41, 5.74) is 0.569. The standard InChI is InChI=1S/C12H11ClN2O2/c1-14-7-10(11(16)15(2)12(14)17)8-3-5-9(13)6-4-8/h3-7H,1-2H3.